The van der Waals surface area contributed by atoms with Crippen molar-refractivity contribution in [3.05, 3.63) is 35.6 Å². The van der Waals surface area contributed by atoms with E-state index in [4.69, 9.17) is 4.74 Å². The van der Waals surface area contributed by atoms with E-state index in [1.54, 1.807) is 19.2 Å². The summed E-state index contributed by atoms with van der Waals surface area (Å²) in [6, 6.07) is 7.04. The van der Waals surface area contributed by atoms with Crippen molar-refractivity contribution in [3.63, 3.8) is 0 Å². The molecule has 0 bridgehead atoms. The lowest BCUT2D eigenvalue weighted by Crippen LogP contribution is -2.28. The first-order chi connectivity index (χ1) is 8.98. The third-order valence-corrected chi connectivity index (χ3v) is 3.48. The van der Waals surface area contributed by atoms with Crippen LogP contribution in [-0.2, 0) is 4.74 Å². The maximum Gasteiger partial charge on any atom is 0.123 e. The molecule has 19 heavy (non-hydrogen) atoms. The van der Waals surface area contributed by atoms with Gasteiger partial charge in [-0.05, 0) is 57.4 Å². The first kappa shape index (κ1) is 16.1. The number of ether oxygens (including phenoxy) is 1. The molecule has 3 heteroatoms. The van der Waals surface area contributed by atoms with E-state index in [2.05, 4.69) is 26.1 Å². The highest BCUT2D eigenvalue weighted by Crippen LogP contribution is 2.25. The molecule has 0 aliphatic rings. The molecule has 0 heterocycles. The van der Waals surface area contributed by atoms with E-state index in [-0.39, 0.29) is 17.5 Å². The predicted molar refractivity (Wildman–Crippen MR) is 77.8 cm³/mol. The minimum absolute atomic E-state index is 0.139. The quantitative estimate of drug-likeness (QED) is 0.766. The first-order valence-corrected chi connectivity index (χ1v) is 7.02. The van der Waals surface area contributed by atoms with E-state index in [1.165, 1.54) is 6.07 Å². The van der Waals surface area contributed by atoms with Gasteiger partial charge < -0.3 is 10.1 Å². The van der Waals surface area contributed by atoms with Gasteiger partial charge in [-0.1, -0.05) is 19.1 Å². The smallest absolute Gasteiger partial charge is 0.123 e. The van der Waals surface area contributed by atoms with Crippen molar-refractivity contribution in [2.45, 2.75) is 51.7 Å². The van der Waals surface area contributed by atoms with E-state index in [9.17, 15) is 4.39 Å². The van der Waals surface area contributed by atoms with Gasteiger partial charge in [0.25, 0.3) is 0 Å². The number of hydrogen-bond acceptors (Lipinski definition) is 2. The fourth-order valence-electron chi connectivity index (χ4n) is 2.02. The number of nitrogens with one attached hydrogen (secondary N) is 1. The van der Waals surface area contributed by atoms with Gasteiger partial charge >= 0.3 is 0 Å². The molecule has 1 N–H and O–H groups in total. The van der Waals surface area contributed by atoms with Crippen molar-refractivity contribution in [2.24, 2.45) is 0 Å². The molecule has 0 aliphatic heterocycles. The van der Waals surface area contributed by atoms with Gasteiger partial charge in [0.2, 0.25) is 0 Å². The van der Waals surface area contributed by atoms with Gasteiger partial charge in [-0.25, -0.2) is 4.39 Å². The topological polar surface area (TPSA) is 21.3 Å². The van der Waals surface area contributed by atoms with Crippen LogP contribution in [0.1, 0.15) is 51.6 Å². The fourth-order valence-corrected chi connectivity index (χ4v) is 2.02. The van der Waals surface area contributed by atoms with E-state index in [0.717, 1.165) is 31.4 Å². The van der Waals surface area contributed by atoms with Crippen LogP contribution >= 0.6 is 0 Å². The Morgan fingerprint density at radius 2 is 2.11 bits per heavy atom. The molecule has 0 amide bonds. The van der Waals surface area contributed by atoms with E-state index in [1.807, 2.05) is 6.07 Å². The van der Waals surface area contributed by atoms with Crippen molar-refractivity contribution >= 4 is 0 Å². The first-order valence-electron chi connectivity index (χ1n) is 7.02. The van der Waals surface area contributed by atoms with Crippen LogP contribution in [0.5, 0.6) is 0 Å². The summed E-state index contributed by atoms with van der Waals surface area (Å²) in [6.07, 6.45) is 2.94. The van der Waals surface area contributed by atoms with Crippen LogP contribution in [0.3, 0.4) is 0 Å². The molecule has 0 spiro atoms. The Hall–Kier alpha value is -0.930. The Balaban J connectivity index is 2.71. The zero-order valence-corrected chi connectivity index (χ0v) is 12.5. The van der Waals surface area contributed by atoms with Crippen molar-refractivity contribution in [3.8, 4) is 0 Å². The number of methoxy groups -OCH3 is 1. The van der Waals surface area contributed by atoms with E-state index < -0.39 is 0 Å². The third kappa shape index (κ3) is 5.70. The number of benzene rings is 1. The van der Waals surface area contributed by atoms with Gasteiger partial charge in [0, 0.05) is 13.2 Å². The molecule has 1 unspecified atom stereocenters. The summed E-state index contributed by atoms with van der Waals surface area (Å²) < 4.78 is 18.8. The van der Waals surface area contributed by atoms with Crippen LogP contribution in [0.25, 0.3) is 0 Å². The molecule has 1 rings (SSSR count). The van der Waals surface area contributed by atoms with Crippen LogP contribution in [0, 0.1) is 5.82 Å². The van der Waals surface area contributed by atoms with Crippen LogP contribution in [0.15, 0.2) is 24.3 Å². The number of hydrogen-bond donors (Lipinski definition) is 1. The summed E-state index contributed by atoms with van der Waals surface area (Å²) in [6.45, 7) is 7.23. The zero-order chi connectivity index (χ0) is 14.3. The third-order valence-electron chi connectivity index (χ3n) is 3.48. The van der Waals surface area contributed by atoms with Gasteiger partial charge in [-0.3, -0.25) is 0 Å². The molecular formula is C16H26FNO. The zero-order valence-electron chi connectivity index (χ0n) is 12.5. The summed E-state index contributed by atoms with van der Waals surface area (Å²) in [7, 11) is 1.73. The highest BCUT2D eigenvalue weighted by molar-refractivity contribution is 5.20. The Kier molecular flexibility index (Phi) is 6.46. The standard InChI is InChI=1S/C16H26FNO/c1-5-11-18-15(9-10-16(2,3)19-4)13-7-6-8-14(17)12-13/h6-8,12,15,18H,5,9-11H2,1-4H3. The van der Waals surface area contributed by atoms with Crippen molar-refractivity contribution < 1.29 is 9.13 Å². The average Bonchev–Trinajstić information content (AvgIpc) is 2.39. The Morgan fingerprint density at radius 1 is 1.37 bits per heavy atom. The van der Waals surface area contributed by atoms with Gasteiger partial charge in [-0.15, -0.1) is 0 Å². The fraction of sp³-hybridized carbons (Fsp3) is 0.625. The molecule has 0 fully saturated rings. The lowest BCUT2D eigenvalue weighted by Gasteiger charge is -2.26. The molecule has 108 valence electrons. The summed E-state index contributed by atoms with van der Waals surface area (Å²) in [5.74, 6) is -0.174. The second kappa shape index (κ2) is 7.61. The van der Waals surface area contributed by atoms with Crippen molar-refractivity contribution in [2.75, 3.05) is 13.7 Å². The van der Waals surface area contributed by atoms with Crippen molar-refractivity contribution in [1.82, 2.24) is 5.32 Å². The molecule has 2 nitrogen and oxygen atoms in total. The second-order valence-electron chi connectivity index (χ2n) is 5.56. The highest BCUT2D eigenvalue weighted by atomic mass is 19.1. The van der Waals surface area contributed by atoms with Crippen LogP contribution in [-0.4, -0.2) is 19.3 Å². The van der Waals surface area contributed by atoms with Gasteiger partial charge in [-0.2, -0.15) is 0 Å². The molecule has 0 radical (unpaired) electrons. The predicted octanol–water partition coefficient (Wildman–Crippen LogP) is 4.07. The Labute approximate surface area is 116 Å². The molecule has 0 aliphatic carbocycles. The molecule has 1 atom stereocenters. The monoisotopic (exact) mass is 267 g/mol. The number of halogens is 1. The second-order valence-corrected chi connectivity index (χ2v) is 5.56. The lowest BCUT2D eigenvalue weighted by molar-refractivity contribution is 0.0117. The molecule has 0 saturated heterocycles. The summed E-state index contributed by atoms with van der Waals surface area (Å²) >= 11 is 0. The Morgan fingerprint density at radius 3 is 2.68 bits per heavy atom. The maximum atomic E-state index is 13.3. The van der Waals surface area contributed by atoms with Crippen LogP contribution < -0.4 is 5.32 Å². The lowest BCUT2D eigenvalue weighted by atomic mass is 9.94. The minimum Gasteiger partial charge on any atom is -0.379 e. The van der Waals surface area contributed by atoms with E-state index >= 15 is 0 Å². The molecule has 0 saturated carbocycles. The van der Waals surface area contributed by atoms with Gasteiger partial charge in [0.1, 0.15) is 5.82 Å². The highest BCUT2D eigenvalue weighted by Gasteiger charge is 2.20. The molecular weight excluding hydrogens is 241 g/mol. The molecule has 1 aromatic carbocycles. The van der Waals surface area contributed by atoms with Crippen LogP contribution in [0.2, 0.25) is 0 Å². The normalized spacial score (nSPS) is 13.5. The van der Waals surface area contributed by atoms with Crippen LogP contribution in [0.4, 0.5) is 4.39 Å². The molecule has 0 aromatic heterocycles. The average molecular weight is 267 g/mol. The minimum atomic E-state index is -0.174. The summed E-state index contributed by atoms with van der Waals surface area (Å²) in [5.41, 5.74) is 0.875. The molecule has 1 aromatic rings. The summed E-state index contributed by atoms with van der Waals surface area (Å²) in [5, 5.41) is 3.49. The Bertz CT molecular complexity index is 379. The largest absolute Gasteiger partial charge is 0.379 e. The maximum absolute atomic E-state index is 13.3. The van der Waals surface area contributed by atoms with Crippen molar-refractivity contribution in [1.29, 1.82) is 0 Å². The summed E-state index contributed by atoms with van der Waals surface area (Å²) in [4.78, 5) is 0. The van der Waals surface area contributed by atoms with Gasteiger partial charge in [0.15, 0.2) is 0 Å². The SMILES string of the molecule is CCCNC(CCC(C)(C)OC)c1cccc(F)c1. The van der Waals surface area contributed by atoms with Gasteiger partial charge in [0.05, 0.1) is 5.60 Å². The van der Waals surface area contributed by atoms with E-state index in [0.29, 0.717) is 0 Å². The number of rotatable bonds is 8.